The Morgan fingerprint density at radius 1 is 0.417 bits per heavy atom. The van der Waals surface area contributed by atoms with E-state index in [0.29, 0.717) is 6.54 Å². The third kappa shape index (κ3) is 9.09. The van der Waals surface area contributed by atoms with Gasteiger partial charge in [-0.3, -0.25) is 0 Å². The lowest BCUT2D eigenvalue weighted by Crippen LogP contribution is -1.94. The second-order valence-corrected chi connectivity index (χ2v) is 15.7. The first kappa shape index (κ1) is 39.6. The van der Waals surface area contributed by atoms with Gasteiger partial charge in [-0.05, 0) is 104 Å². The summed E-state index contributed by atoms with van der Waals surface area (Å²) in [5.41, 5.74) is 21.1. The van der Waals surface area contributed by atoms with Gasteiger partial charge in [-0.1, -0.05) is 194 Å². The maximum Gasteiger partial charge on any atom is 0.0361 e. The van der Waals surface area contributed by atoms with Gasteiger partial charge in [0, 0.05) is 38.5 Å². The topological polar surface area (TPSA) is 49.9 Å². The number of nitrogens with two attached hydrogens (primary N) is 1. The smallest absolute Gasteiger partial charge is 0.0361 e. The van der Waals surface area contributed by atoms with Crippen LogP contribution in [-0.4, -0.2) is 6.21 Å². The first-order valence-corrected chi connectivity index (χ1v) is 21.1. The summed E-state index contributed by atoms with van der Waals surface area (Å²) in [5, 5.41) is 10.3. The number of rotatable bonds is 7. The molecule has 0 atom stereocenters. The predicted molar refractivity (Wildman–Crippen MR) is 260 cm³/mol. The highest BCUT2D eigenvalue weighted by molar-refractivity contribution is 7.25. The average Bonchev–Trinajstić information content (AvgIpc) is 3.71. The minimum absolute atomic E-state index is 0.640. The number of nitrogens with one attached hydrogen (secondary N) is 1. The summed E-state index contributed by atoms with van der Waals surface area (Å²) in [5.74, 6) is 0. The van der Waals surface area contributed by atoms with E-state index in [9.17, 15) is 0 Å². The number of aryl methyl sites for hydroxylation is 1. The van der Waals surface area contributed by atoms with Crippen LogP contribution in [0.25, 0.3) is 75.8 Å². The van der Waals surface area contributed by atoms with Crippen LogP contribution in [0.2, 0.25) is 0 Å². The first-order chi connectivity index (χ1) is 29.6. The van der Waals surface area contributed by atoms with Crippen LogP contribution in [0.5, 0.6) is 0 Å². The lowest BCUT2D eigenvalue weighted by Gasteiger charge is -2.14. The molecule has 0 aliphatic carbocycles. The molecule has 0 saturated heterocycles. The molecule has 3 heteroatoms. The Bertz CT molecular complexity index is 2970. The number of hydrogen-bond donors (Lipinski definition) is 2. The van der Waals surface area contributed by atoms with Gasteiger partial charge in [0.1, 0.15) is 0 Å². The minimum Gasteiger partial charge on any atom is -0.326 e. The van der Waals surface area contributed by atoms with Crippen LogP contribution in [0.15, 0.2) is 224 Å². The fourth-order valence-electron chi connectivity index (χ4n) is 7.61. The van der Waals surface area contributed by atoms with E-state index in [0.717, 1.165) is 5.56 Å². The average molecular weight is 791 g/mol. The second-order valence-electron chi connectivity index (χ2n) is 14.6. The van der Waals surface area contributed by atoms with E-state index in [1.807, 2.05) is 48.5 Å². The predicted octanol–water partition coefficient (Wildman–Crippen LogP) is 15.5. The molecule has 0 unspecified atom stereocenters. The highest BCUT2D eigenvalue weighted by atomic mass is 32.1. The Labute approximate surface area is 357 Å². The van der Waals surface area contributed by atoms with Crippen LogP contribution in [0.3, 0.4) is 0 Å². The molecule has 3 N–H and O–H groups in total. The zero-order valence-corrected chi connectivity index (χ0v) is 34.4. The van der Waals surface area contributed by atoms with Crippen molar-refractivity contribution in [2.45, 2.75) is 13.5 Å². The molecule has 0 fully saturated rings. The van der Waals surface area contributed by atoms with Crippen molar-refractivity contribution in [2.24, 2.45) is 5.73 Å². The van der Waals surface area contributed by atoms with Crippen molar-refractivity contribution >= 4 is 37.7 Å². The Morgan fingerprint density at radius 3 is 1.58 bits per heavy atom. The zero-order chi connectivity index (χ0) is 41.1. The Hall–Kier alpha value is -7.17. The van der Waals surface area contributed by atoms with Crippen molar-refractivity contribution in [3.8, 4) is 55.6 Å². The van der Waals surface area contributed by atoms with Crippen molar-refractivity contribution < 1.29 is 0 Å². The molecule has 0 saturated carbocycles. The van der Waals surface area contributed by atoms with E-state index in [1.165, 1.54) is 93.1 Å². The third-order valence-corrected chi connectivity index (χ3v) is 11.8. The normalized spacial score (nSPS) is 10.6. The van der Waals surface area contributed by atoms with Gasteiger partial charge in [0.2, 0.25) is 0 Å². The Morgan fingerprint density at radius 2 is 0.950 bits per heavy atom. The molecule has 0 aliphatic rings. The highest BCUT2D eigenvalue weighted by Gasteiger charge is 2.14. The molecule has 2 nitrogen and oxygen atoms in total. The highest BCUT2D eigenvalue weighted by Crippen LogP contribution is 2.41. The van der Waals surface area contributed by atoms with Crippen LogP contribution in [0.4, 0.5) is 0 Å². The van der Waals surface area contributed by atoms with E-state index < -0.39 is 0 Å². The Balaban J connectivity index is 0.000000193. The monoisotopic (exact) mass is 790 g/mol. The summed E-state index contributed by atoms with van der Waals surface area (Å²) in [7, 11) is 0. The molecule has 0 aliphatic heterocycles. The van der Waals surface area contributed by atoms with Gasteiger partial charge in [-0.25, -0.2) is 0 Å². The van der Waals surface area contributed by atoms with Crippen LogP contribution in [-0.2, 0) is 6.54 Å². The van der Waals surface area contributed by atoms with Gasteiger partial charge in [0.15, 0.2) is 0 Å². The molecule has 0 amide bonds. The van der Waals surface area contributed by atoms with Crippen LogP contribution in [0.1, 0.15) is 16.7 Å². The van der Waals surface area contributed by atoms with Crippen molar-refractivity contribution in [2.75, 3.05) is 0 Å². The molecule has 0 bridgehead atoms. The van der Waals surface area contributed by atoms with Gasteiger partial charge in [-0.15, -0.1) is 11.3 Å². The van der Waals surface area contributed by atoms with Gasteiger partial charge in [0.05, 0.1) is 0 Å². The van der Waals surface area contributed by atoms with Gasteiger partial charge in [0.25, 0.3) is 0 Å². The molecular formula is C57H46N2S. The maximum absolute atomic E-state index is 7.96. The third-order valence-electron chi connectivity index (χ3n) is 10.7. The minimum atomic E-state index is 0.640. The summed E-state index contributed by atoms with van der Waals surface area (Å²) in [6.07, 6.45) is 1.47. The number of benzene rings is 9. The zero-order valence-electron chi connectivity index (χ0n) is 33.6. The lowest BCUT2D eigenvalue weighted by atomic mass is 9.90. The Kier molecular flexibility index (Phi) is 12.6. The molecule has 1 heterocycles. The van der Waals surface area contributed by atoms with Gasteiger partial charge < -0.3 is 11.1 Å². The number of hydrogen-bond acceptors (Lipinski definition) is 3. The molecule has 1 aromatic heterocycles. The van der Waals surface area contributed by atoms with E-state index in [4.69, 9.17) is 11.1 Å². The molecule has 10 aromatic rings. The van der Waals surface area contributed by atoms with Crippen LogP contribution < -0.4 is 5.73 Å². The largest absolute Gasteiger partial charge is 0.326 e. The van der Waals surface area contributed by atoms with Crippen LogP contribution >= 0.6 is 11.3 Å². The summed E-state index contributed by atoms with van der Waals surface area (Å²) in [4.78, 5) is 0. The van der Waals surface area contributed by atoms with E-state index >= 15 is 0 Å². The lowest BCUT2D eigenvalue weighted by molar-refractivity contribution is 1.07. The van der Waals surface area contributed by atoms with E-state index in [1.54, 1.807) is 11.3 Å². The van der Waals surface area contributed by atoms with Gasteiger partial charge in [-0.2, -0.15) is 0 Å². The number of thiophene rings is 1. The molecule has 10 rings (SSSR count). The van der Waals surface area contributed by atoms with E-state index in [-0.39, 0.29) is 0 Å². The standard InChI is InChI=1S/C37H25NS.C13H12.C7H9N/c38-24-31-15-8-16-36-37(31)34-23-30(18-20-35(34)39-36)32-19-17-29(22-33(32)26-11-5-2-6-12-26)28-14-7-13-27(21-28)25-9-3-1-4-10-25;1-11-7-5-6-10-13(11)12-8-3-2-4-9-12;8-6-7-4-2-1-3-5-7/h1-24,38H;2-10H,1H3;1-5H,6,8H2. The first-order valence-electron chi connectivity index (χ1n) is 20.3. The van der Waals surface area contributed by atoms with Crippen molar-refractivity contribution in [3.05, 3.63) is 241 Å². The number of fused-ring (bicyclic) bond motifs is 3. The molecule has 290 valence electrons. The molecule has 60 heavy (non-hydrogen) atoms. The summed E-state index contributed by atoms with van der Waals surface area (Å²) in [6.45, 7) is 2.78. The summed E-state index contributed by atoms with van der Waals surface area (Å²) >= 11 is 1.79. The van der Waals surface area contributed by atoms with Gasteiger partial charge >= 0.3 is 0 Å². The van der Waals surface area contributed by atoms with Crippen molar-refractivity contribution in [1.29, 1.82) is 5.41 Å². The quantitative estimate of drug-likeness (QED) is 0.155. The fourth-order valence-corrected chi connectivity index (χ4v) is 8.73. The second kappa shape index (κ2) is 19.1. The van der Waals surface area contributed by atoms with Crippen molar-refractivity contribution in [3.63, 3.8) is 0 Å². The summed E-state index contributed by atoms with van der Waals surface area (Å²) < 4.78 is 2.47. The summed E-state index contributed by atoms with van der Waals surface area (Å²) in [6, 6.07) is 78.7. The van der Waals surface area contributed by atoms with E-state index in [2.05, 4.69) is 183 Å². The SMILES string of the molecule is Cc1ccccc1-c1ccccc1.N=Cc1cccc2sc3ccc(-c4ccc(-c5cccc(-c6ccccc6)c5)cc4-c4ccccc4)cc3c12.NCc1ccccc1. The molecule has 0 radical (unpaired) electrons. The molecule has 9 aromatic carbocycles. The maximum atomic E-state index is 7.96. The van der Waals surface area contributed by atoms with Crippen molar-refractivity contribution in [1.82, 2.24) is 0 Å². The van der Waals surface area contributed by atoms with Crippen LogP contribution in [0, 0.1) is 12.3 Å². The molecule has 0 spiro atoms. The fraction of sp³-hybridized carbons (Fsp3) is 0.0351. The molecular weight excluding hydrogens is 745 g/mol.